The number of esters is 1. The zero-order valence-electron chi connectivity index (χ0n) is 19.4. The second kappa shape index (κ2) is 13.4. The van der Waals surface area contributed by atoms with Crippen LogP contribution < -0.4 is 5.32 Å². The van der Waals surface area contributed by atoms with E-state index in [1.165, 1.54) is 19.3 Å². The maximum atomic E-state index is 12.9. The molecule has 0 saturated heterocycles. The van der Waals surface area contributed by atoms with Crippen molar-refractivity contribution in [2.24, 2.45) is 0 Å². The van der Waals surface area contributed by atoms with E-state index in [0.717, 1.165) is 30.6 Å². The van der Waals surface area contributed by atoms with Crippen LogP contribution in [0.25, 0.3) is 0 Å². The number of nitrogens with zero attached hydrogens (tertiary/aromatic N) is 1. The van der Waals surface area contributed by atoms with Gasteiger partial charge in [0.15, 0.2) is 0 Å². The number of anilines is 1. The summed E-state index contributed by atoms with van der Waals surface area (Å²) >= 11 is 1.16. The predicted octanol–water partition coefficient (Wildman–Crippen LogP) is 5.79. The van der Waals surface area contributed by atoms with Crippen LogP contribution >= 0.6 is 11.3 Å². The van der Waals surface area contributed by atoms with Crippen molar-refractivity contribution in [2.75, 3.05) is 18.4 Å². The lowest BCUT2D eigenvalue weighted by Gasteiger charge is -2.18. The lowest BCUT2D eigenvalue weighted by Crippen LogP contribution is -2.30. The maximum absolute atomic E-state index is 12.9. The molecule has 0 unspecified atom stereocenters. The Balaban J connectivity index is 2.99. The second-order valence-corrected chi connectivity index (χ2v) is 8.78. The monoisotopic (exact) mass is 438 g/mol. The van der Waals surface area contributed by atoms with Crippen LogP contribution in [0.3, 0.4) is 0 Å². The Kier molecular flexibility index (Phi) is 11.7. The molecular formula is C23H38N2O4S. The highest BCUT2D eigenvalue weighted by molar-refractivity contribution is 7.18. The summed E-state index contributed by atoms with van der Waals surface area (Å²) in [4.78, 5) is 40.3. The average Bonchev–Trinajstić information content (AvgIpc) is 3.00. The number of nitrogens with one attached hydrogen (secondary N) is 1. The van der Waals surface area contributed by atoms with E-state index in [0.29, 0.717) is 40.5 Å². The van der Waals surface area contributed by atoms with Gasteiger partial charge in [0, 0.05) is 19.5 Å². The Morgan fingerprint density at radius 2 is 1.60 bits per heavy atom. The van der Waals surface area contributed by atoms with Crippen LogP contribution in [-0.4, -0.2) is 41.9 Å². The van der Waals surface area contributed by atoms with Gasteiger partial charge in [-0.15, -0.1) is 11.3 Å². The van der Waals surface area contributed by atoms with E-state index in [-0.39, 0.29) is 17.9 Å². The van der Waals surface area contributed by atoms with Gasteiger partial charge < -0.3 is 15.0 Å². The first-order valence-electron chi connectivity index (χ1n) is 11.2. The number of unbranched alkanes of at least 4 members (excludes halogenated alkanes) is 5. The van der Waals surface area contributed by atoms with Gasteiger partial charge in [-0.3, -0.25) is 9.59 Å². The summed E-state index contributed by atoms with van der Waals surface area (Å²) in [5.41, 5.74) is 0.859. The van der Waals surface area contributed by atoms with Crippen molar-refractivity contribution in [1.82, 2.24) is 4.90 Å². The van der Waals surface area contributed by atoms with Crippen LogP contribution in [0.1, 0.15) is 105 Å². The molecule has 1 aromatic heterocycles. The van der Waals surface area contributed by atoms with Crippen molar-refractivity contribution in [1.29, 1.82) is 0 Å². The molecule has 0 aliphatic carbocycles. The van der Waals surface area contributed by atoms with Crippen LogP contribution in [0.4, 0.5) is 5.00 Å². The van der Waals surface area contributed by atoms with Gasteiger partial charge in [-0.25, -0.2) is 4.79 Å². The van der Waals surface area contributed by atoms with E-state index in [1.807, 2.05) is 13.8 Å². The van der Waals surface area contributed by atoms with Gasteiger partial charge in [0.1, 0.15) is 5.00 Å². The summed E-state index contributed by atoms with van der Waals surface area (Å²) in [7, 11) is 0. The standard InChI is InChI=1S/C23H38N2O4S/c1-7-10-11-12-13-14-15-18(26)24-21-19(23(28)29-16(4)5)17(6)20(30-21)22(27)25(8-2)9-3/h16H,7-15H2,1-6H3,(H,24,26). The Morgan fingerprint density at radius 1 is 1.00 bits per heavy atom. The number of amides is 2. The normalized spacial score (nSPS) is 10.9. The number of carbonyl (C=O) groups is 3. The fraction of sp³-hybridized carbons (Fsp3) is 0.696. The molecule has 170 valence electrons. The quantitative estimate of drug-likeness (QED) is 0.312. The molecule has 0 radical (unpaired) electrons. The molecule has 0 aliphatic heterocycles. The third kappa shape index (κ3) is 7.74. The average molecular weight is 439 g/mol. The van der Waals surface area contributed by atoms with E-state index in [2.05, 4.69) is 12.2 Å². The highest BCUT2D eigenvalue weighted by atomic mass is 32.1. The number of hydrogen-bond acceptors (Lipinski definition) is 5. The molecule has 1 N–H and O–H groups in total. The van der Waals surface area contributed by atoms with Crippen molar-refractivity contribution in [3.8, 4) is 0 Å². The number of rotatable bonds is 13. The van der Waals surface area contributed by atoms with Crippen LogP contribution in [0.15, 0.2) is 0 Å². The first-order valence-corrected chi connectivity index (χ1v) is 12.0. The minimum absolute atomic E-state index is 0.127. The van der Waals surface area contributed by atoms with E-state index in [4.69, 9.17) is 4.74 Å². The minimum atomic E-state index is -0.507. The minimum Gasteiger partial charge on any atom is -0.459 e. The molecule has 0 atom stereocenters. The molecule has 0 saturated carbocycles. The van der Waals surface area contributed by atoms with Crippen LogP contribution in [0, 0.1) is 6.92 Å². The molecule has 0 aliphatic rings. The molecule has 7 heteroatoms. The molecule has 1 rings (SSSR count). The molecule has 2 amide bonds. The first-order chi connectivity index (χ1) is 14.3. The molecule has 0 bridgehead atoms. The number of ether oxygens (including phenoxy) is 1. The van der Waals surface area contributed by atoms with Gasteiger partial charge in [-0.05, 0) is 46.6 Å². The van der Waals surface area contributed by atoms with E-state index in [9.17, 15) is 14.4 Å². The summed E-state index contributed by atoms with van der Waals surface area (Å²) in [5, 5.41) is 3.27. The van der Waals surface area contributed by atoms with Gasteiger partial charge in [0.25, 0.3) is 5.91 Å². The van der Waals surface area contributed by atoms with Crippen molar-refractivity contribution < 1.29 is 19.1 Å². The largest absolute Gasteiger partial charge is 0.459 e. The zero-order valence-corrected chi connectivity index (χ0v) is 20.2. The Labute approximate surface area is 185 Å². The van der Waals surface area contributed by atoms with Crippen LogP contribution in [0.2, 0.25) is 0 Å². The molecule has 6 nitrogen and oxygen atoms in total. The lowest BCUT2D eigenvalue weighted by atomic mass is 10.1. The van der Waals surface area contributed by atoms with E-state index in [1.54, 1.807) is 25.7 Å². The molecule has 0 spiro atoms. The first kappa shape index (κ1) is 26.1. The zero-order chi connectivity index (χ0) is 22.7. The van der Waals surface area contributed by atoms with Gasteiger partial charge in [-0.1, -0.05) is 39.0 Å². The fourth-order valence-electron chi connectivity index (χ4n) is 3.23. The van der Waals surface area contributed by atoms with Crippen molar-refractivity contribution >= 4 is 34.1 Å². The second-order valence-electron chi connectivity index (χ2n) is 7.76. The summed E-state index contributed by atoms with van der Waals surface area (Å²) in [6.07, 6.45) is 6.71. The summed E-state index contributed by atoms with van der Waals surface area (Å²) in [5.74, 6) is -0.767. The molecule has 30 heavy (non-hydrogen) atoms. The highest BCUT2D eigenvalue weighted by Gasteiger charge is 2.28. The number of carbonyl (C=O) groups excluding carboxylic acids is 3. The third-order valence-electron chi connectivity index (χ3n) is 4.95. The van der Waals surface area contributed by atoms with Crippen LogP contribution in [-0.2, 0) is 9.53 Å². The fourth-order valence-corrected chi connectivity index (χ4v) is 4.41. The highest BCUT2D eigenvalue weighted by Crippen LogP contribution is 2.35. The van der Waals surface area contributed by atoms with Crippen molar-refractivity contribution in [2.45, 2.75) is 92.6 Å². The molecular weight excluding hydrogens is 400 g/mol. The summed E-state index contributed by atoms with van der Waals surface area (Å²) < 4.78 is 5.37. The maximum Gasteiger partial charge on any atom is 0.341 e. The molecule has 0 aromatic carbocycles. The van der Waals surface area contributed by atoms with Crippen molar-refractivity contribution in [3.05, 3.63) is 16.0 Å². The van der Waals surface area contributed by atoms with E-state index < -0.39 is 5.97 Å². The smallest absolute Gasteiger partial charge is 0.341 e. The van der Waals surface area contributed by atoms with Crippen LogP contribution in [0.5, 0.6) is 0 Å². The Hall–Kier alpha value is -1.89. The van der Waals surface area contributed by atoms with Gasteiger partial charge >= 0.3 is 5.97 Å². The van der Waals surface area contributed by atoms with Crippen molar-refractivity contribution in [3.63, 3.8) is 0 Å². The summed E-state index contributed by atoms with van der Waals surface area (Å²) in [6.45, 7) is 12.5. The number of thiophene rings is 1. The molecule has 0 fully saturated rings. The molecule has 1 heterocycles. The van der Waals surface area contributed by atoms with Gasteiger partial charge in [-0.2, -0.15) is 0 Å². The van der Waals surface area contributed by atoms with Gasteiger partial charge in [0.05, 0.1) is 16.5 Å². The predicted molar refractivity (Wildman–Crippen MR) is 123 cm³/mol. The topological polar surface area (TPSA) is 75.7 Å². The van der Waals surface area contributed by atoms with Gasteiger partial charge in [0.2, 0.25) is 5.91 Å². The SMILES string of the molecule is CCCCCCCCC(=O)Nc1sc(C(=O)N(CC)CC)c(C)c1C(=O)OC(C)C. The lowest BCUT2D eigenvalue weighted by molar-refractivity contribution is -0.116. The Bertz CT molecular complexity index is 708. The molecule has 1 aromatic rings. The van der Waals surface area contributed by atoms with E-state index >= 15 is 0 Å². The third-order valence-corrected chi connectivity index (χ3v) is 6.14. The summed E-state index contributed by atoms with van der Waals surface area (Å²) in [6, 6.07) is 0. The Morgan fingerprint density at radius 3 is 2.17 bits per heavy atom. The number of hydrogen-bond donors (Lipinski definition) is 1.